The Kier molecular flexibility index (Phi) is 5.99. The molecule has 0 heterocycles. The number of carbonyl (C=O) groups excluding carboxylic acids is 2. The molecule has 1 N–H and O–H groups in total. The molecule has 0 saturated heterocycles. The van der Waals surface area contributed by atoms with E-state index in [1.807, 2.05) is 0 Å². The average molecular weight is 444 g/mol. The van der Waals surface area contributed by atoms with Crippen LogP contribution < -0.4 is 5.32 Å². The van der Waals surface area contributed by atoms with Crippen molar-refractivity contribution in [2.45, 2.75) is 12.0 Å². The molecule has 0 radical (unpaired) electrons. The molecule has 3 aromatic carbocycles. The van der Waals surface area contributed by atoms with E-state index >= 15 is 8.78 Å². The van der Waals surface area contributed by atoms with Crippen molar-refractivity contribution in [1.29, 1.82) is 0 Å². The monoisotopic (exact) mass is 443 g/mol. The van der Waals surface area contributed by atoms with Gasteiger partial charge in [0, 0.05) is 15.6 Å². The van der Waals surface area contributed by atoms with Gasteiger partial charge in [-0.15, -0.1) is 0 Å². The zero-order chi connectivity index (χ0) is 20.1. The Morgan fingerprint density at radius 1 is 0.786 bits per heavy atom. The lowest BCUT2D eigenvalue weighted by Gasteiger charge is -2.27. The molecular weight excluding hydrogens is 428 g/mol. The number of ketones is 1. The van der Waals surface area contributed by atoms with Crippen LogP contribution in [-0.4, -0.2) is 17.6 Å². The molecule has 0 bridgehead atoms. The number of Topliss-reactive ketones (excluding diaryl/α,β-unsaturated/α-hetero) is 1. The molecule has 3 aromatic rings. The summed E-state index contributed by atoms with van der Waals surface area (Å²) in [6, 6.07) is 19.6. The van der Waals surface area contributed by atoms with Crippen molar-refractivity contribution in [2.75, 3.05) is 0 Å². The van der Waals surface area contributed by atoms with Crippen molar-refractivity contribution >= 4 is 27.6 Å². The highest BCUT2D eigenvalue weighted by atomic mass is 79.9. The Hall–Kier alpha value is -2.86. The second-order valence-electron chi connectivity index (χ2n) is 6.14. The van der Waals surface area contributed by atoms with E-state index in [-0.39, 0.29) is 16.7 Å². The average Bonchev–Trinajstić information content (AvgIpc) is 2.73. The largest absolute Gasteiger partial charge is 0.339 e. The van der Waals surface area contributed by atoms with Gasteiger partial charge in [-0.25, -0.2) is 0 Å². The third-order valence-corrected chi connectivity index (χ3v) is 4.74. The minimum absolute atomic E-state index is 0.122. The lowest BCUT2D eigenvalue weighted by molar-refractivity contribution is -0.0152. The van der Waals surface area contributed by atoms with E-state index in [2.05, 4.69) is 21.2 Å². The van der Waals surface area contributed by atoms with Crippen LogP contribution in [0.5, 0.6) is 0 Å². The Bertz CT molecular complexity index is 961. The minimum atomic E-state index is -3.85. The smallest absolute Gasteiger partial charge is 0.333 e. The van der Waals surface area contributed by atoms with Gasteiger partial charge >= 0.3 is 5.92 Å². The topological polar surface area (TPSA) is 46.2 Å². The highest BCUT2D eigenvalue weighted by Crippen LogP contribution is 2.35. The molecule has 1 amide bonds. The van der Waals surface area contributed by atoms with Crippen LogP contribution in [0.15, 0.2) is 89.4 Å². The molecule has 0 saturated carbocycles. The van der Waals surface area contributed by atoms with E-state index in [4.69, 9.17) is 0 Å². The summed E-state index contributed by atoms with van der Waals surface area (Å²) in [5, 5.41) is 2.33. The van der Waals surface area contributed by atoms with Crippen LogP contribution in [0.25, 0.3) is 0 Å². The highest BCUT2D eigenvalue weighted by Gasteiger charge is 2.49. The summed E-state index contributed by atoms with van der Waals surface area (Å²) < 4.78 is 31.2. The van der Waals surface area contributed by atoms with Crippen molar-refractivity contribution in [3.8, 4) is 0 Å². The minimum Gasteiger partial charge on any atom is -0.339 e. The zero-order valence-corrected chi connectivity index (χ0v) is 16.2. The Morgan fingerprint density at radius 2 is 1.29 bits per heavy atom. The number of rotatable bonds is 6. The molecule has 0 aliphatic carbocycles. The first-order valence-corrected chi connectivity index (χ1v) is 9.28. The lowest BCUT2D eigenvalue weighted by Crippen LogP contribution is -2.45. The van der Waals surface area contributed by atoms with Crippen LogP contribution in [0.3, 0.4) is 0 Å². The van der Waals surface area contributed by atoms with Gasteiger partial charge in [0.1, 0.15) is 6.04 Å². The SMILES string of the molecule is O=C(N[C@@H](c1ccc(Br)cc1)C(F)(F)C(=O)c1ccccc1)c1ccccc1. The van der Waals surface area contributed by atoms with E-state index in [0.29, 0.717) is 4.47 Å². The van der Waals surface area contributed by atoms with Crippen molar-refractivity contribution in [3.63, 3.8) is 0 Å². The molecule has 0 aliphatic rings. The number of carbonyl (C=O) groups is 2. The lowest BCUT2D eigenvalue weighted by atomic mass is 9.93. The summed E-state index contributed by atoms with van der Waals surface area (Å²) in [4.78, 5) is 25.1. The van der Waals surface area contributed by atoms with Gasteiger partial charge in [0.15, 0.2) is 0 Å². The van der Waals surface area contributed by atoms with Crippen LogP contribution in [0.4, 0.5) is 8.78 Å². The fraction of sp³-hybridized carbons (Fsp3) is 0.0909. The zero-order valence-electron chi connectivity index (χ0n) is 14.6. The Morgan fingerprint density at radius 3 is 1.82 bits per heavy atom. The first-order valence-electron chi connectivity index (χ1n) is 8.48. The van der Waals surface area contributed by atoms with Gasteiger partial charge in [-0.05, 0) is 29.8 Å². The van der Waals surface area contributed by atoms with Gasteiger partial charge in [-0.2, -0.15) is 8.78 Å². The third kappa shape index (κ3) is 4.34. The van der Waals surface area contributed by atoms with Gasteiger partial charge in [0.05, 0.1) is 0 Å². The standard InChI is InChI=1S/C22H16BrF2NO2/c23-18-13-11-15(12-14-18)19(26-21(28)17-9-5-2-6-10-17)22(24,25)20(27)16-7-3-1-4-8-16/h1-14,19H,(H,26,28)/t19-/m0/s1. The fourth-order valence-corrected chi connectivity index (χ4v) is 3.02. The number of benzene rings is 3. The fourth-order valence-electron chi connectivity index (χ4n) is 2.76. The molecule has 6 heteroatoms. The molecule has 0 spiro atoms. The first-order chi connectivity index (χ1) is 13.4. The Labute approximate surface area is 169 Å². The molecule has 0 fully saturated rings. The maximum Gasteiger partial charge on any atom is 0.333 e. The summed E-state index contributed by atoms with van der Waals surface area (Å²) in [5.41, 5.74) is 0.234. The predicted octanol–water partition coefficient (Wildman–Crippen LogP) is 5.44. The van der Waals surface area contributed by atoms with E-state index in [9.17, 15) is 9.59 Å². The molecule has 0 aliphatic heterocycles. The van der Waals surface area contributed by atoms with Gasteiger partial charge in [0.25, 0.3) is 5.91 Å². The van der Waals surface area contributed by atoms with Crippen LogP contribution in [0, 0.1) is 0 Å². The van der Waals surface area contributed by atoms with Gasteiger partial charge < -0.3 is 5.32 Å². The maximum atomic E-state index is 15.3. The Balaban J connectivity index is 1.99. The normalized spacial score (nSPS) is 12.2. The van der Waals surface area contributed by atoms with Crippen LogP contribution in [0.2, 0.25) is 0 Å². The van der Waals surface area contributed by atoms with E-state index in [0.717, 1.165) is 0 Å². The summed E-state index contributed by atoms with van der Waals surface area (Å²) in [7, 11) is 0. The molecule has 0 unspecified atom stereocenters. The number of halogens is 3. The van der Waals surface area contributed by atoms with E-state index in [1.165, 1.54) is 48.5 Å². The van der Waals surface area contributed by atoms with Crippen LogP contribution in [0.1, 0.15) is 32.3 Å². The second-order valence-corrected chi connectivity index (χ2v) is 7.06. The molecule has 142 valence electrons. The number of nitrogens with one attached hydrogen (secondary N) is 1. The molecule has 0 aromatic heterocycles. The van der Waals surface area contributed by atoms with Crippen molar-refractivity contribution in [3.05, 3.63) is 106 Å². The van der Waals surface area contributed by atoms with Crippen LogP contribution in [-0.2, 0) is 0 Å². The first kappa shape index (κ1) is 19.9. The quantitative estimate of drug-likeness (QED) is 0.515. The maximum absolute atomic E-state index is 15.3. The van der Waals surface area contributed by atoms with Gasteiger partial charge in [0.2, 0.25) is 5.78 Å². The van der Waals surface area contributed by atoms with E-state index < -0.39 is 23.7 Å². The van der Waals surface area contributed by atoms with Crippen molar-refractivity contribution in [1.82, 2.24) is 5.32 Å². The van der Waals surface area contributed by atoms with E-state index in [1.54, 1.807) is 36.4 Å². The summed E-state index contributed by atoms with van der Waals surface area (Å²) >= 11 is 3.26. The molecule has 3 nitrogen and oxygen atoms in total. The van der Waals surface area contributed by atoms with Crippen LogP contribution >= 0.6 is 15.9 Å². The van der Waals surface area contributed by atoms with Crippen molar-refractivity contribution in [2.24, 2.45) is 0 Å². The molecule has 1 atom stereocenters. The van der Waals surface area contributed by atoms with Crippen molar-refractivity contribution < 1.29 is 18.4 Å². The second kappa shape index (κ2) is 8.44. The molecule has 28 heavy (non-hydrogen) atoms. The summed E-state index contributed by atoms with van der Waals surface area (Å²) in [6.07, 6.45) is 0. The number of hydrogen-bond donors (Lipinski definition) is 1. The summed E-state index contributed by atoms with van der Waals surface area (Å²) in [5.74, 6) is -5.89. The number of hydrogen-bond acceptors (Lipinski definition) is 2. The van der Waals surface area contributed by atoms with Gasteiger partial charge in [-0.1, -0.05) is 76.6 Å². The number of amides is 1. The number of alkyl halides is 2. The molecular formula is C22H16BrF2NO2. The van der Waals surface area contributed by atoms with Gasteiger partial charge in [-0.3, -0.25) is 9.59 Å². The third-order valence-electron chi connectivity index (χ3n) is 4.22. The summed E-state index contributed by atoms with van der Waals surface area (Å²) in [6.45, 7) is 0. The predicted molar refractivity (Wildman–Crippen MR) is 107 cm³/mol. The molecule has 3 rings (SSSR count). The highest BCUT2D eigenvalue weighted by molar-refractivity contribution is 9.10.